The first-order valence-corrected chi connectivity index (χ1v) is 7.71. The number of aliphatic hydroxyl groups is 1. The Hall–Kier alpha value is -0.460. The van der Waals surface area contributed by atoms with Crippen LogP contribution in [0.5, 0.6) is 0 Å². The first-order valence-electron chi connectivity index (χ1n) is 5.80. The minimum atomic E-state index is -0.917. The molecule has 1 saturated heterocycles. The van der Waals surface area contributed by atoms with Crippen LogP contribution in [0.3, 0.4) is 0 Å². The Kier molecular flexibility index (Phi) is 5.36. The van der Waals surface area contributed by atoms with E-state index in [-0.39, 0.29) is 18.5 Å². The number of hydrogen-bond donors (Lipinski definition) is 3. The lowest BCUT2D eigenvalue weighted by Crippen LogP contribution is -2.43. The number of rotatable bonds is 4. The maximum absolute atomic E-state index is 11.8. The molecule has 3 N–H and O–H groups in total. The maximum atomic E-state index is 11.8. The minimum absolute atomic E-state index is 0.0884. The molecule has 0 aromatic heterocycles. The van der Waals surface area contributed by atoms with Crippen molar-refractivity contribution in [1.82, 2.24) is 10.6 Å². The second-order valence-electron chi connectivity index (χ2n) is 4.17. The Morgan fingerprint density at radius 3 is 2.79 bits per heavy atom. The van der Waals surface area contributed by atoms with Crippen LogP contribution in [0.4, 0.5) is 0 Å². The molecule has 1 amide bonds. The van der Waals surface area contributed by atoms with Crippen molar-refractivity contribution < 1.29 is 9.90 Å². The van der Waals surface area contributed by atoms with Gasteiger partial charge in [0, 0.05) is 33.8 Å². The smallest absolute Gasteiger partial charge is 0.238 e. The monoisotopic (exact) mass is 320 g/mol. The van der Waals surface area contributed by atoms with Crippen molar-refractivity contribution in [2.45, 2.75) is 12.1 Å². The maximum Gasteiger partial charge on any atom is 0.238 e. The van der Waals surface area contributed by atoms with Crippen molar-refractivity contribution in [1.29, 1.82) is 0 Å². The molecule has 0 aliphatic carbocycles. The number of thioether (sulfide) groups is 1. The molecule has 7 heteroatoms. The Morgan fingerprint density at radius 1 is 1.53 bits per heavy atom. The second-order valence-corrected chi connectivity index (χ2v) is 6.01. The van der Waals surface area contributed by atoms with Gasteiger partial charge in [-0.1, -0.05) is 29.3 Å². The van der Waals surface area contributed by atoms with Gasteiger partial charge in [0.1, 0.15) is 0 Å². The number of aliphatic hydroxyl groups excluding tert-OH is 1. The molecule has 1 aliphatic rings. The Morgan fingerprint density at radius 2 is 2.21 bits per heavy atom. The molecule has 0 spiro atoms. The number of carbonyl (C=O) groups excluding carboxylic acids is 1. The van der Waals surface area contributed by atoms with Crippen LogP contribution in [0.25, 0.3) is 0 Å². The van der Waals surface area contributed by atoms with Crippen molar-refractivity contribution >= 4 is 40.9 Å². The first kappa shape index (κ1) is 14.9. The molecule has 1 aliphatic heterocycles. The van der Waals surface area contributed by atoms with E-state index < -0.39 is 6.10 Å². The van der Waals surface area contributed by atoms with Gasteiger partial charge in [-0.25, -0.2) is 0 Å². The third-order valence-electron chi connectivity index (χ3n) is 2.84. The lowest BCUT2D eigenvalue weighted by Gasteiger charge is -2.16. The summed E-state index contributed by atoms with van der Waals surface area (Å²) in [5.41, 5.74) is 0.444. The lowest BCUT2D eigenvalue weighted by molar-refractivity contribution is -0.122. The van der Waals surface area contributed by atoms with Crippen LogP contribution in [-0.4, -0.2) is 35.2 Å². The van der Waals surface area contributed by atoms with Crippen LogP contribution in [0, 0.1) is 0 Å². The zero-order valence-electron chi connectivity index (χ0n) is 10.0. The van der Waals surface area contributed by atoms with E-state index in [4.69, 9.17) is 23.2 Å². The van der Waals surface area contributed by atoms with E-state index in [9.17, 15) is 9.90 Å². The standard InChI is InChI=1S/C12H14Cl2N2O2S/c13-7-2-1-3-8(14)11(7)10(17)4-15-12(18)9-5-19-6-16-9/h1-3,9-10,16-17H,4-6H2,(H,15,18)/t9-,10-/m0/s1. The van der Waals surface area contributed by atoms with E-state index in [1.165, 1.54) is 0 Å². The normalized spacial score (nSPS) is 20.3. The molecule has 2 atom stereocenters. The largest absolute Gasteiger partial charge is 0.386 e. The predicted molar refractivity (Wildman–Crippen MR) is 78.7 cm³/mol. The second kappa shape index (κ2) is 6.81. The van der Waals surface area contributed by atoms with Gasteiger partial charge in [0.25, 0.3) is 0 Å². The molecule has 0 unspecified atom stereocenters. The van der Waals surface area contributed by atoms with E-state index in [0.29, 0.717) is 15.6 Å². The van der Waals surface area contributed by atoms with E-state index in [1.54, 1.807) is 30.0 Å². The fraction of sp³-hybridized carbons (Fsp3) is 0.417. The van der Waals surface area contributed by atoms with Crippen molar-refractivity contribution in [2.24, 2.45) is 0 Å². The number of carbonyl (C=O) groups is 1. The fourth-order valence-corrected chi connectivity index (χ4v) is 3.41. The van der Waals surface area contributed by atoms with Gasteiger partial charge in [-0.2, -0.15) is 0 Å². The van der Waals surface area contributed by atoms with E-state index in [1.807, 2.05) is 0 Å². The van der Waals surface area contributed by atoms with Crippen LogP contribution in [0.2, 0.25) is 10.0 Å². The summed E-state index contributed by atoms with van der Waals surface area (Å²) in [4.78, 5) is 11.8. The van der Waals surface area contributed by atoms with Crippen molar-refractivity contribution in [2.75, 3.05) is 18.2 Å². The molecule has 4 nitrogen and oxygen atoms in total. The van der Waals surface area contributed by atoms with Gasteiger partial charge in [-0.15, -0.1) is 11.8 Å². The van der Waals surface area contributed by atoms with Gasteiger partial charge in [0.2, 0.25) is 5.91 Å². The summed E-state index contributed by atoms with van der Waals surface area (Å²) < 4.78 is 0. The number of halogens is 2. The SMILES string of the molecule is O=C(NC[C@H](O)c1c(Cl)cccc1Cl)[C@@H]1CSCN1. The molecule has 2 rings (SSSR count). The summed E-state index contributed by atoms with van der Waals surface area (Å²) in [6.07, 6.45) is -0.917. The minimum Gasteiger partial charge on any atom is -0.386 e. The molecule has 1 fully saturated rings. The Balaban J connectivity index is 1.93. The molecule has 0 bridgehead atoms. The molecule has 0 saturated carbocycles. The molecular formula is C12H14Cl2N2O2S. The lowest BCUT2D eigenvalue weighted by atomic mass is 10.1. The van der Waals surface area contributed by atoms with Gasteiger partial charge in [0.15, 0.2) is 0 Å². The average molecular weight is 321 g/mol. The Labute approximate surface area is 125 Å². The van der Waals surface area contributed by atoms with Gasteiger partial charge in [-0.3, -0.25) is 10.1 Å². The number of amides is 1. The summed E-state index contributed by atoms with van der Waals surface area (Å²) >= 11 is 13.7. The van der Waals surface area contributed by atoms with Crippen molar-refractivity contribution in [3.05, 3.63) is 33.8 Å². The molecule has 1 aromatic rings. The van der Waals surface area contributed by atoms with E-state index >= 15 is 0 Å². The summed E-state index contributed by atoms with van der Waals surface area (Å²) in [7, 11) is 0. The van der Waals surface area contributed by atoms with Crippen LogP contribution in [0.15, 0.2) is 18.2 Å². The molecule has 0 radical (unpaired) electrons. The summed E-state index contributed by atoms with van der Waals surface area (Å²) in [5, 5.41) is 16.6. The Bertz CT molecular complexity index is 447. The number of nitrogens with one attached hydrogen (secondary N) is 2. The van der Waals surface area contributed by atoms with Gasteiger partial charge in [-0.05, 0) is 12.1 Å². The predicted octanol–water partition coefficient (Wildman–Crippen LogP) is 1.81. The van der Waals surface area contributed by atoms with Gasteiger partial charge in [0.05, 0.1) is 12.1 Å². The molecular weight excluding hydrogens is 307 g/mol. The highest BCUT2D eigenvalue weighted by Crippen LogP contribution is 2.29. The molecule has 104 valence electrons. The van der Waals surface area contributed by atoms with Crippen LogP contribution >= 0.6 is 35.0 Å². The van der Waals surface area contributed by atoms with E-state index in [0.717, 1.165) is 11.6 Å². The van der Waals surface area contributed by atoms with Crippen molar-refractivity contribution in [3.63, 3.8) is 0 Å². The summed E-state index contributed by atoms with van der Waals surface area (Å²) in [6.45, 7) is 0.0884. The quantitative estimate of drug-likeness (QED) is 0.791. The molecule has 1 heterocycles. The van der Waals surface area contributed by atoms with Gasteiger partial charge >= 0.3 is 0 Å². The summed E-state index contributed by atoms with van der Waals surface area (Å²) in [6, 6.07) is 4.82. The third-order valence-corrected chi connectivity index (χ3v) is 4.43. The van der Waals surface area contributed by atoms with Crippen molar-refractivity contribution in [3.8, 4) is 0 Å². The van der Waals surface area contributed by atoms with Crippen LogP contribution in [-0.2, 0) is 4.79 Å². The highest BCUT2D eigenvalue weighted by Gasteiger charge is 2.23. The topological polar surface area (TPSA) is 61.4 Å². The number of hydrogen-bond acceptors (Lipinski definition) is 4. The zero-order chi connectivity index (χ0) is 13.8. The van der Waals surface area contributed by atoms with Crippen LogP contribution < -0.4 is 10.6 Å². The fourth-order valence-electron chi connectivity index (χ4n) is 1.82. The van der Waals surface area contributed by atoms with E-state index in [2.05, 4.69) is 10.6 Å². The third kappa shape index (κ3) is 3.77. The first-order chi connectivity index (χ1) is 9.09. The molecule has 19 heavy (non-hydrogen) atoms. The molecule has 1 aromatic carbocycles. The zero-order valence-corrected chi connectivity index (χ0v) is 12.4. The summed E-state index contributed by atoms with van der Waals surface area (Å²) in [5.74, 6) is 1.40. The van der Waals surface area contributed by atoms with Gasteiger partial charge < -0.3 is 10.4 Å². The number of benzene rings is 1. The highest BCUT2D eigenvalue weighted by molar-refractivity contribution is 7.99. The highest BCUT2D eigenvalue weighted by atomic mass is 35.5. The average Bonchev–Trinajstić information content (AvgIpc) is 2.89. The van der Waals surface area contributed by atoms with Crippen LogP contribution in [0.1, 0.15) is 11.7 Å².